The SMILES string of the molecule is CN(CC(=O)O)c1ccc(Cl)nn1. The summed E-state index contributed by atoms with van der Waals surface area (Å²) in [5.41, 5.74) is 0. The number of anilines is 1. The van der Waals surface area contributed by atoms with E-state index in [-0.39, 0.29) is 11.7 Å². The zero-order chi connectivity index (χ0) is 9.84. The van der Waals surface area contributed by atoms with Crippen molar-refractivity contribution in [3.63, 3.8) is 0 Å². The van der Waals surface area contributed by atoms with E-state index in [0.717, 1.165) is 0 Å². The molecular weight excluding hydrogens is 194 g/mol. The smallest absolute Gasteiger partial charge is 0.323 e. The van der Waals surface area contributed by atoms with E-state index in [4.69, 9.17) is 16.7 Å². The summed E-state index contributed by atoms with van der Waals surface area (Å²) in [5, 5.41) is 16.1. The summed E-state index contributed by atoms with van der Waals surface area (Å²) in [7, 11) is 1.62. The maximum atomic E-state index is 10.3. The number of carboxylic acid groups (broad SMARTS) is 1. The van der Waals surface area contributed by atoms with E-state index < -0.39 is 5.97 Å². The fourth-order valence-corrected chi connectivity index (χ4v) is 0.897. The second kappa shape index (κ2) is 4.04. The summed E-state index contributed by atoms with van der Waals surface area (Å²) in [6.45, 7) is -0.115. The fourth-order valence-electron chi connectivity index (χ4n) is 0.796. The predicted molar refractivity (Wildman–Crippen MR) is 47.9 cm³/mol. The maximum Gasteiger partial charge on any atom is 0.323 e. The molecule has 0 unspecified atom stereocenters. The van der Waals surface area contributed by atoms with E-state index in [0.29, 0.717) is 5.82 Å². The predicted octanol–water partition coefficient (Wildman–Crippen LogP) is 0.651. The van der Waals surface area contributed by atoms with Gasteiger partial charge in [0.05, 0.1) is 0 Å². The Hall–Kier alpha value is -1.36. The summed E-state index contributed by atoms with van der Waals surface area (Å²) in [6, 6.07) is 3.17. The molecule has 0 aliphatic heterocycles. The Morgan fingerprint density at radius 2 is 2.31 bits per heavy atom. The topological polar surface area (TPSA) is 66.3 Å². The molecule has 1 aromatic rings. The lowest BCUT2D eigenvalue weighted by Gasteiger charge is -2.13. The van der Waals surface area contributed by atoms with Crippen molar-refractivity contribution in [1.29, 1.82) is 0 Å². The van der Waals surface area contributed by atoms with E-state index >= 15 is 0 Å². The summed E-state index contributed by atoms with van der Waals surface area (Å²) in [6.07, 6.45) is 0. The van der Waals surface area contributed by atoms with Crippen molar-refractivity contribution >= 4 is 23.4 Å². The first-order chi connectivity index (χ1) is 6.09. The quantitative estimate of drug-likeness (QED) is 0.778. The van der Waals surface area contributed by atoms with Crippen LogP contribution >= 0.6 is 11.6 Å². The van der Waals surface area contributed by atoms with Crippen molar-refractivity contribution in [1.82, 2.24) is 10.2 Å². The van der Waals surface area contributed by atoms with Gasteiger partial charge >= 0.3 is 5.97 Å². The van der Waals surface area contributed by atoms with E-state index in [9.17, 15) is 4.79 Å². The molecule has 0 bridgehead atoms. The van der Waals surface area contributed by atoms with Gasteiger partial charge in [-0.1, -0.05) is 11.6 Å². The second-order valence-corrected chi connectivity index (χ2v) is 2.85. The molecule has 0 aliphatic carbocycles. The zero-order valence-electron chi connectivity index (χ0n) is 6.94. The van der Waals surface area contributed by atoms with Crippen molar-refractivity contribution in [3.8, 4) is 0 Å². The highest BCUT2D eigenvalue weighted by molar-refractivity contribution is 6.29. The Morgan fingerprint density at radius 1 is 1.62 bits per heavy atom. The van der Waals surface area contributed by atoms with Crippen LogP contribution in [0.5, 0.6) is 0 Å². The van der Waals surface area contributed by atoms with Gasteiger partial charge in [0.25, 0.3) is 0 Å². The van der Waals surface area contributed by atoms with Crippen LogP contribution in [0.1, 0.15) is 0 Å². The van der Waals surface area contributed by atoms with E-state index in [1.165, 1.54) is 4.90 Å². The van der Waals surface area contributed by atoms with Crippen LogP contribution in [0.2, 0.25) is 5.15 Å². The molecule has 0 amide bonds. The zero-order valence-corrected chi connectivity index (χ0v) is 7.69. The van der Waals surface area contributed by atoms with Gasteiger partial charge in [-0.05, 0) is 12.1 Å². The van der Waals surface area contributed by atoms with Crippen LogP contribution < -0.4 is 4.90 Å². The summed E-state index contributed by atoms with van der Waals surface area (Å²) < 4.78 is 0. The third-order valence-electron chi connectivity index (χ3n) is 1.38. The number of rotatable bonds is 3. The van der Waals surface area contributed by atoms with Crippen molar-refractivity contribution < 1.29 is 9.90 Å². The first-order valence-electron chi connectivity index (χ1n) is 3.52. The van der Waals surface area contributed by atoms with Gasteiger partial charge in [0.15, 0.2) is 11.0 Å². The summed E-state index contributed by atoms with van der Waals surface area (Å²) in [5.74, 6) is -0.439. The Bertz CT molecular complexity index is 301. The largest absolute Gasteiger partial charge is 0.480 e. The van der Waals surface area contributed by atoms with Crippen molar-refractivity contribution in [2.75, 3.05) is 18.5 Å². The van der Waals surface area contributed by atoms with Gasteiger partial charge in [-0.3, -0.25) is 4.79 Å². The molecule has 1 aromatic heterocycles. The fraction of sp³-hybridized carbons (Fsp3) is 0.286. The number of carbonyl (C=O) groups is 1. The highest BCUT2D eigenvalue weighted by Crippen LogP contribution is 2.09. The molecular formula is C7H8ClN3O2. The number of hydrogen-bond donors (Lipinski definition) is 1. The molecule has 0 aliphatic rings. The van der Waals surface area contributed by atoms with Gasteiger partial charge in [0.2, 0.25) is 0 Å². The van der Waals surface area contributed by atoms with Crippen LogP contribution in [0.3, 0.4) is 0 Å². The van der Waals surface area contributed by atoms with Crippen LogP contribution in [-0.4, -0.2) is 34.9 Å². The first-order valence-corrected chi connectivity index (χ1v) is 3.89. The van der Waals surface area contributed by atoms with Crippen LogP contribution in [0, 0.1) is 0 Å². The highest BCUT2D eigenvalue weighted by Gasteiger charge is 2.06. The molecule has 13 heavy (non-hydrogen) atoms. The van der Waals surface area contributed by atoms with Crippen LogP contribution in [-0.2, 0) is 4.79 Å². The highest BCUT2D eigenvalue weighted by atomic mass is 35.5. The molecule has 0 fully saturated rings. The van der Waals surface area contributed by atoms with Gasteiger partial charge in [0, 0.05) is 7.05 Å². The van der Waals surface area contributed by atoms with E-state index in [2.05, 4.69) is 10.2 Å². The number of likely N-dealkylation sites (N-methyl/N-ethyl adjacent to an activating group) is 1. The average molecular weight is 202 g/mol. The minimum absolute atomic E-state index is 0.115. The van der Waals surface area contributed by atoms with Crippen molar-refractivity contribution in [3.05, 3.63) is 17.3 Å². The molecule has 0 radical (unpaired) electrons. The molecule has 1 N–H and O–H groups in total. The van der Waals surface area contributed by atoms with Gasteiger partial charge in [-0.15, -0.1) is 10.2 Å². The molecule has 0 saturated heterocycles. The van der Waals surface area contributed by atoms with Gasteiger partial charge < -0.3 is 10.0 Å². The maximum absolute atomic E-state index is 10.3. The molecule has 0 atom stereocenters. The van der Waals surface area contributed by atoms with Crippen molar-refractivity contribution in [2.24, 2.45) is 0 Å². The molecule has 0 aromatic carbocycles. The Labute approximate surface area is 80.0 Å². The molecule has 0 spiro atoms. The summed E-state index contributed by atoms with van der Waals surface area (Å²) >= 11 is 5.51. The number of aromatic nitrogens is 2. The first kappa shape index (κ1) is 9.73. The van der Waals surface area contributed by atoms with E-state index in [1.54, 1.807) is 19.2 Å². The normalized spacial score (nSPS) is 9.69. The standard InChI is InChI=1S/C7H8ClN3O2/c1-11(4-7(12)13)6-3-2-5(8)9-10-6/h2-3H,4H2,1H3,(H,12,13). The molecule has 1 rings (SSSR count). The lowest BCUT2D eigenvalue weighted by atomic mass is 10.5. The minimum atomic E-state index is -0.917. The monoisotopic (exact) mass is 201 g/mol. The Kier molecular flexibility index (Phi) is 3.02. The average Bonchev–Trinajstić information content (AvgIpc) is 2.04. The van der Waals surface area contributed by atoms with Crippen LogP contribution in [0.15, 0.2) is 12.1 Å². The Balaban J connectivity index is 2.71. The number of nitrogens with zero attached hydrogens (tertiary/aromatic N) is 3. The van der Waals surface area contributed by atoms with Gasteiger partial charge in [-0.25, -0.2) is 0 Å². The number of aliphatic carboxylic acids is 1. The van der Waals surface area contributed by atoms with Crippen LogP contribution in [0.4, 0.5) is 5.82 Å². The third kappa shape index (κ3) is 2.87. The number of halogens is 1. The van der Waals surface area contributed by atoms with Gasteiger partial charge in [0.1, 0.15) is 6.54 Å². The van der Waals surface area contributed by atoms with E-state index in [1.807, 2.05) is 0 Å². The second-order valence-electron chi connectivity index (χ2n) is 2.46. The molecule has 70 valence electrons. The minimum Gasteiger partial charge on any atom is -0.480 e. The lowest BCUT2D eigenvalue weighted by Crippen LogP contribution is -2.26. The number of hydrogen-bond acceptors (Lipinski definition) is 4. The molecule has 5 nitrogen and oxygen atoms in total. The number of carboxylic acids is 1. The van der Waals surface area contributed by atoms with Crippen molar-refractivity contribution in [2.45, 2.75) is 0 Å². The lowest BCUT2D eigenvalue weighted by molar-refractivity contribution is -0.135. The molecule has 6 heteroatoms. The van der Waals surface area contributed by atoms with Crippen LogP contribution in [0.25, 0.3) is 0 Å². The summed E-state index contributed by atoms with van der Waals surface area (Å²) in [4.78, 5) is 11.8. The Morgan fingerprint density at radius 3 is 2.77 bits per heavy atom. The third-order valence-corrected chi connectivity index (χ3v) is 1.58. The van der Waals surface area contributed by atoms with Gasteiger partial charge in [-0.2, -0.15) is 0 Å². The molecule has 0 saturated carbocycles. The molecule has 1 heterocycles.